The van der Waals surface area contributed by atoms with Crippen molar-refractivity contribution in [3.05, 3.63) is 57.9 Å². The molecule has 2 heterocycles. The molecular formula is C19H22FN3O4. The van der Waals surface area contributed by atoms with Crippen LogP contribution in [0.15, 0.2) is 39.5 Å². The number of rotatable bonds is 5. The first-order valence-corrected chi connectivity index (χ1v) is 8.73. The van der Waals surface area contributed by atoms with Gasteiger partial charge in [0.1, 0.15) is 11.6 Å². The van der Waals surface area contributed by atoms with Crippen molar-refractivity contribution in [1.29, 1.82) is 0 Å². The molecule has 1 saturated heterocycles. The largest absolute Gasteiger partial charge is 0.502 e. The summed E-state index contributed by atoms with van der Waals surface area (Å²) in [6, 6.07) is 7.04. The number of benzene rings is 1. The number of hydrogen-bond acceptors (Lipinski definition) is 6. The highest BCUT2D eigenvalue weighted by Crippen LogP contribution is 2.17. The first-order chi connectivity index (χ1) is 12.9. The van der Waals surface area contributed by atoms with E-state index in [2.05, 4.69) is 10.2 Å². The van der Waals surface area contributed by atoms with Crippen molar-refractivity contribution in [2.45, 2.75) is 13.5 Å². The van der Waals surface area contributed by atoms with Crippen LogP contribution in [0.1, 0.15) is 11.5 Å². The lowest BCUT2D eigenvalue weighted by Crippen LogP contribution is -2.48. The summed E-state index contributed by atoms with van der Waals surface area (Å²) in [5, 5.41) is 12.5. The Morgan fingerprint density at radius 1 is 1.22 bits per heavy atom. The third-order valence-electron chi connectivity index (χ3n) is 4.42. The molecule has 3 rings (SSSR count). The summed E-state index contributed by atoms with van der Waals surface area (Å²) >= 11 is 0. The van der Waals surface area contributed by atoms with Gasteiger partial charge in [-0.2, -0.15) is 0 Å². The van der Waals surface area contributed by atoms with E-state index in [1.807, 2.05) is 4.90 Å². The molecule has 0 saturated carbocycles. The van der Waals surface area contributed by atoms with Gasteiger partial charge in [0, 0.05) is 37.9 Å². The molecule has 0 aliphatic carbocycles. The van der Waals surface area contributed by atoms with Gasteiger partial charge in [0.05, 0.1) is 13.1 Å². The van der Waals surface area contributed by atoms with Crippen molar-refractivity contribution in [2.24, 2.45) is 0 Å². The van der Waals surface area contributed by atoms with Gasteiger partial charge >= 0.3 is 0 Å². The first kappa shape index (κ1) is 19.1. The molecule has 8 heteroatoms. The Hall–Kier alpha value is -2.71. The fourth-order valence-electron chi connectivity index (χ4n) is 3.05. The number of amides is 1. The predicted octanol–water partition coefficient (Wildman–Crippen LogP) is 1.55. The van der Waals surface area contributed by atoms with Crippen LogP contribution in [-0.4, -0.2) is 53.5 Å². The highest BCUT2D eigenvalue weighted by molar-refractivity contribution is 5.92. The molecule has 7 nitrogen and oxygen atoms in total. The van der Waals surface area contributed by atoms with Crippen molar-refractivity contribution >= 4 is 11.6 Å². The van der Waals surface area contributed by atoms with Gasteiger partial charge in [-0.15, -0.1) is 0 Å². The van der Waals surface area contributed by atoms with Gasteiger partial charge < -0.3 is 14.8 Å². The zero-order chi connectivity index (χ0) is 19.4. The standard InChI is InChI=1S/C19H22FN3O4/c1-13-9-16(24)19(26)17(27-13)11-22-5-7-23(8-6-22)12-18(25)21-15-4-2-3-14(20)10-15/h2-4,9-10,26H,5-8,11-12H2,1H3,(H,21,25). The summed E-state index contributed by atoms with van der Waals surface area (Å²) in [5.41, 5.74) is -0.00927. The van der Waals surface area contributed by atoms with Crippen molar-refractivity contribution in [3.8, 4) is 5.75 Å². The molecule has 1 aromatic carbocycles. The molecule has 0 radical (unpaired) electrons. The van der Waals surface area contributed by atoms with Gasteiger partial charge in [-0.1, -0.05) is 6.07 Å². The van der Waals surface area contributed by atoms with Crippen molar-refractivity contribution in [3.63, 3.8) is 0 Å². The number of piperazine rings is 1. The Morgan fingerprint density at radius 2 is 1.93 bits per heavy atom. The lowest BCUT2D eigenvalue weighted by atomic mass is 10.2. The van der Waals surface area contributed by atoms with E-state index in [1.165, 1.54) is 18.2 Å². The SMILES string of the molecule is Cc1cc(=O)c(O)c(CN2CCN(CC(=O)Nc3cccc(F)c3)CC2)o1. The van der Waals surface area contributed by atoms with Crippen LogP contribution in [0.25, 0.3) is 0 Å². The number of halogens is 1. The Morgan fingerprint density at radius 3 is 2.63 bits per heavy atom. The van der Waals surface area contributed by atoms with Crippen molar-refractivity contribution < 1.29 is 18.7 Å². The average Bonchev–Trinajstić information content (AvgIpc) is 2.61. The molecule has 1 fully saturated rings. The number of hydrogen-bond donors (Lipinski definition) is 2. The number of aromatic hydroxyl groups is 1. The molecular weight excluding hydrogens is 353 g/mol. The minimum atomic E-state index is -0.443. The smallest absolute Gasteiger partial charge is 0.238 e. The van der Waals surface area contributed by atoms with E-state index in [0.29, 0.717) is 44.2 Å². The number of aryl methyl sites for hydroxylation is 1. The molecule has 0 atom stereocenters. The number of carbonyl (C=O) groups excluding carboxylic acids is 1. The maximum absolute atomic E-state index is 13.2. The van der Waals surface area contributed by atoms with E-state index in [-0.39, 0.29) is 24.0 Å². The van der Waals surface area contributed by atoms with E-state index < -0.39 is 11.2 Å². The van der Waals surface area contributed by atoms with Gasteiger partial charge in [-0.25, -0.2) is 4.39 Å². The monoisotopic (exact) mass is 375 g/mol. The predicted molar refractivity (Wildman–Crippen MR) is 98.1 cm³/mol. The third-order valence-corrected chi connectivity index (χ3v) is 4.42. The average molecular weight is 375 g/mol. The minimum absolute atomic E-state index is 0.198. The molecule has 27 heavy (non-hydrogen) atoms. The van der Waals surface area contributed by atoms with Gasteiger partial charge in [-0.05, 0) is 25.1 Å². The molecule has 2 aromatic rings. The van der Waals surface area contributed by atoms with Crippen LogP contribution < -0.4 is 10.7 Å². The van der Waals surface area contributed by atoms with Gasteiger partial charge in [-0.3, -0.25) is 19.4 Å². The second-order valence-electron chi connectivity index (χ2n) is 6.60. The third kappa shape index (κ3) is 5.15. The van der Waals surface area contributed by atoms with Crippen molar-refractivity contribution in [2.75, 3.05) is 38.0 Å². The quantitative estimate of drug-likeness (QED) is 0.825. The second kappa shape index (κ2) is 8.32. The van der Waals surface area contributed by atoms with Crippen LogP contribution in [-0.2, 0) is 11.3 Å². The Kier molecular flexibility index (Phi) is 5.88. The molecule has 2 N–H and O–H groups in total. The maximum Gasteiger partial charge on any atom is 0.238 e. The Labute approximate surface area is 156 Å². The van der Waals surface area contributed by atoms with Crippen LogP contribution in [0.2, 0.25) is 0 Å². The van der Waals surface area contributed by atoms with Crippen molar-refractivity contribution in [1.82, 2.24) is 9.80 Å². The zero-order valence-electron chi connectivity index (χ0n) is 15.1. The lowest BCUT2D eigenvalue weighted by Gasteiger charge is -2.33. The molecule has 1 amide bonds. The van der Waals surface area contributed by atoms with Gasteiger partial charge in [0.2, 0.25) is 17.1 Å². The highest BCUT2D eigenvalue weighted by atomic mass is 19.1. The van der Waals surface area contributed by atoms with Crippen LogP contribution in [0, 0.1) is 12.7 Å². The maximum atomic E-state index is 13.2. The number of carbonyl (C=O) groups is 1. The molecule has 0 unspecified atom stereocenters. The number of nitrogens with zero attached hydrogens (tertiary/aromatic N) is 2. The van der Waals surface area contributed by atoms with Gasteiger partial charge in [0.25, 0.3) is 0 Å². The summed E-state index contributed by atoms with van der Waals surface area (Å²) in [7, 11) is 0. The summed E-state index contributed by atoms with van der Waals surface area (Å²) in [6.07, 6.45) is 0. The normalized spacial score (nSPS) is 15.6. The zero-order valence-corrected chi connectivity index (χ0v) is 15.1. The molecule has 144 valence electrons. The summed E-state index contributed by atoms with van der Waals surface area (Å²) in [4.78, 5) is 27.8. The first-order valence-electron chi connectivity index (χ1n) is 8.73. The van der Waals surface area contributed by atoms with Crippen LogP contribution in [0.5, 0.6) is 5.75 Å². The van der Waals surface area contributed by atoms with E-state index >= 15 is 0 Å². The van der Waals surface area contributed by atoms with Crippen LogP contribution in [0.3, 0.4) is 0 Å². The van der Waals surface area contributed by atoms with Gasteiger partial charge in [0.15, 0.2) is 5.76 Å². The number of nitrogens with one attached hydrogen (secondary N) is 1. The van der Waals surface area contributed by atoms with Crippen LogP contribution >= 0.6 is 0 Å². The molecule has 0 bridgehead atoms. The fraction of sp³-hybridized carbons (Fsp3) is 0.368. The van der Waals surface area contributed by atoms with E-state index in [9.17, 15) is 19.1 Å². The van der Waals surface area contributed by atoms with Crippen LogP contribution in [0.4, 0.5) is 10.1 Å². The number of anilines is 1. The topological polar surface area (TPSA) is 86.0 Å². The summed E-state index contributed by atoms with van der Waals surface area (Å²) in [6.45, 7) is 4.89. The minimum Gasteiger partial charge on any atom is -0.502 e. The Balaban J connectivity index is 1.49. The molecule has 1 aliphatic rings. The lowest BCUT2D eigenvalue weighted by molar-refractivity contribution is -0.117. The van der Waals surface area contributed by atoms with E-state index in [4.69, 9.17) is 4.42 Å². The fourth-order valence-corrected chi connectivity index (χ4v) is 3.05. The second-order valence-corrected chi connectivity index (χ2v) is 6.60. The molecule has 0 spiro atoms. The highest BCUT2D eigenvalue weighted by Gasteiger charge is 2.21. The Bertz CT molecular complexity index is 875. The summed E-state index contributed by atoms with van der Waals surface area (Å²) in [5.74, 6) is -0.223. The summed E-state index contributed by atoms with van der Waals surface area (Å²) < 4.78 is 18.6. The van der Waals surface area contributed by atoms with E-state index in [1.54, 1.807) is 19.1 Å². The molecule has 1 aromatic heterocycles. The molecule has 1 aliphatic heterocycles. The van der Waals surface area contributed by atoms with E-state index in [0.717, 1.165) is 0 Å².